The third kappa shape index (κ3) is 1.51. The van der Waals surface area contributed by atoms with Crippen molar-refractivity contribution in [1.29, 1.82) is 0 Å². The lowest BCUT2D eigenvalue weighted by molar-refractivity contribution is -0.133. The molecule has 0 radical (unpaired) electrons. The van der Waals surface area contributed by atoms with Gasteiger partial charge in [0.25, 0.3) is 0 Å². The lowest BCUT2D eigenvalue weighted by Gasteiger charge is -2.26. The summed E-state index contributed by atoms with van der Waals surface area (Å²) in [5, 5.41) is 0. The zero-order valence-corrected chi connectivity index (χ0v) is 8.95. The van der Waals surface area contributed by atoms with Gasteiger partial charge in [0.2, 0.25) is 0 Å². The molecular weight excluding hydrogens is 176 g/mol. The summed E-state index contributed by atoms with van der Waals surface area (Å²) in [4.78, 5) is 22.9. The molecule has 2 bridgehead atoms. The van der Waals surface area contributed by atoms with Gasteiger partial charge in [0, 0.05) is 0 Å². The summed E-state index contributed by atoms with van der Waals surface area (Å²) in [5.41, 5.74) is 0. The van der Waals surface area contributed by atoms with Crippen LogP contribution in [0.1, 0.15) is 39.5 Å². The van der Waals surface area contributed by atoms with Crippen molar-refractivity contribution in [2.45, 2.75) is 39.5 Å². The predicted octanol–water partition coefficient (Wildman–Crippen LogP) is 2.22. The Morgan fingerprint density at radius 3 is 2.07 bits per heavy atom. The molecule has 0 N–H and O–H groups in total. The van der Waals surface area contributed by atoms with Crippen molar-refractivity contribution < 1.29 is 9.59 Å². The first kappa shape index (κ1) is 9.88. The van der Waals surface area contributed by atoms with Gasteiger partial charge in [-0.1, -0.05) is 6.42 Å². The minimum absolute atomic E-state index is 0.0788. The topological polar surface area (TPSA) is 34.1 Å². The zero-order chi connectivity index (χ0) is 10.3. The third-order valence-electron chi connectivity index (χ3n) is 4.10. The molecule has 0 saturated heterocycles. The molecule has 2 saturated carbocycles. The Hall–Kier alpha value is -0.660. The van der Waals surface area contributed by atoms with Crippen molar-refractivity contribution in [3.8, 4) is 0 Å². The number of rotatable bonds is 3. The van der Waals surface area contributed by atoms with Crippen LogP contribution < -0.4 is 0 Å². The maximum Gasteiger partial charge on any atom is 0.140 e. The van der Waals surface area contributed by atoms with Gasteiger partial charge in [-0.25, -0.2) is 0 Å². The van der Waals surface area contributed by atoms with Gasteiger partial charge in [-0.05, 0) is 50.9 Å². The standard InChI is InChI=1S/C12H18O2/c1-7(13)12(8(2)14)11-6-9-3-4-10(11)5-9/h9-12H,3-6H2,1-2H3. The fraction of sp³-hybridized carbons (Fsp3) is 0.833. The molecule has 3 unspecified atom stereocenters. The molecule has 2 aliphatic rings. The number of fused-ring (bicyclic) bond motifs is 2. The maximum atomic E-state index is 11.4. The van der Waals surface area contributed by atoms with Crippen molar-refractivity contribution >= 4 is 11.6 Å². The average molecular weight is 194 g/mol. The highest BCUT2D eigenvalue weighted by Crippen LogP contribution is 2.51. The minimum Gasteiger partial charge on any atom is -0.299 e. The van der Waals surface area contributed by atoms with Crippen LogP contribution in [-0.2, 0) is 9.59 Å². The van der Waals surface area contributed by atoms with Crippen LogP contribution in [-0.4, -0.2) is 11.6 Å². The first-order valence-electron chi connectivity index (χ1n) is 5.60. The van der Waals surface area contributed by atoms with Crippen molar-refractivity contribution in [3.63, 3.8) is 0 Å². The quantitative estimate of drug-likeness (QED) is 0.645. The molecule has 2 aliphatic carbocycles. The van der Waals surface area contributed by atoms with E-state index in [4.69, 9.17) is 0 Å². The molecule has 14 heavy (non-hydrogen) atoms. The van der Waals surface area contributed by atoms with E-state index in [1.807, 2.05) is 0 Å². The molecule has 0 aromatic heterocycles. The minimum atomic E-state index is -0.287. The summed E-state index contributed by atoms with van der Waals surface area (Å²) in [6, 6.07) is 0. The number of carbonyl (C=O) groups excluding carboxylic acids is 2. The van der Waals surface area contributed by atoms with Crippen LogP contribution in [0, 0.1) is 23.7 Å². The van der Waals surface area contributed by atoms with Crippen molar-refractivity contribution in [3.05, 3.63) is 0 Å². The number of carbonyl (C=O) groups is 2. The Morgan fingerprint density at radius 1 is 1.07 bits per heavy atom. The molecule has 78 valence electrons. The number of ketones is 2. The molecular formula is C12H18O2. The number of hydrogen-bond donors (Lipinski definition) is 0. The number of Topliss-reactive ketones (excluding diaryl/α,β-unsaturated/α-hetero) is 2. The van der Waals surface area contributed by atoms with Crippen molar-refractivity contribution in [2.24, 2.45) is 23.7 Å². The van der Waals surface area contributed by atoms with Crippen LogP contribution in [0.25, 0.3) is 0 Å². The van der Waals surface area contributed by atoms with E-state index in [-0.39, 0.29) is 17.5 Å². The van der Waals surface area contributed by atoms with Crippen LogP contribution in [0.2, 0.25) is 0 Å². The van der Waals surface area contributed by atoms with E-state index in [0.717, 1.165) is 12.3 Å². The number of hydrogen-bond acceptors (Lipinski definition) is 2. The van der Waals surface area contributed by atoms with E-state index in [2.05, 4.69) is 0 Å². The van der Waals surface area contributed by atoms with Crippen LogP contribution in [0.4, 0.5) is 0 Å². The van der Waals surface area contributed by atoms with E-state index in [0.29, 0.717) is 11.8 Å². The highest BCUT2D eigenvalue weighted by molar-refractivity contribution is 6.00. The van der Waals surface area contributed by atoms with Crippen molar-refractivity contribution in [1.82, 2.24) is 0 Å². The summed E-state index contributed by atoms with van der Waals surface area (Å²) in [5.74, 6) is 1.73. The molecule has 0 aliphatic heterocycles. The monoisotopic (exact) mass is 194 g/mol. The molecule has 0 aromatic carbocycles. The Labute approximate surface area is 85.1 Å². The molecule has 2 rings (SSSR count). The average Bonchev–Trinajstić information content (AvgIpc) is 2.63. The summed E-state index contributed by atoms with van der Waals surface area (Å²) >= 11 is 0. The highest BCUT2D eigenvalue weighted by Gasteiger charge is 2.45. The van der Waals surface area contributed by atoms with Gasteiger partial charge in [-0.3, -0.25) is 9.59 Å². The van der Waals surface area contributed by atoms with Gasteiger partial charge in [0.15, 0.2) is 0 Å². The largest absolute Gasteiger partial charge is 0.299 e. The first-order valence-corrected chi connectivity index (χ1v) is 5.60. The Kier molecular flexibility index (Phi) is 2.46. The van der Waals surface area contributed by atoms with Gasteiger partial charge >= 0.3 is 0 Å². The second-order valence-electron chi connectivity index (χ2n) is 5.04. The van der Waals surface area contributed by atoms with E-state index in [1.165, 1.54) is 19.3 Å². The third-order valence-corrected chi connectivity index (χ3v) is 4.10. The van der Waals surface area contributed by atoms with Crippen LogP contribution in [0.3, 0.4) is 0 Å². The highest BCUT2D eigenvalue weighted by atomic mass is 16.1. The fourth-order valence-corrected chi connectivity index (χ4v) is 3.59. The van der Waals surface area contributed by atoms with E-state index in [9.17, 15) is 9.59 Å². The van der Waals surface area contributed by atoms with Crippen LogP contribution >= 0.6 is 0 Å². The summed E-state index contributed by atoms with van der Waals surface area (Å²) in [6.45, 7) is 3.14. The zero-order valence-electron chi connectivity index (χ0n) is 8.95. The Bertz CT molecular complexity index is 255. The molecule has 3 atom stereocenters. The van der Waals surface area contributed by atoms with Crippen LogP contribution in [0.5, 0.6) is 0 Å². The van der Waals surface area contributed by atoms with Gasteiger partial charge in [0.1, 0.15) is 11.6 Å². The molecule has 2 heteroatoms. The Balaban J connectivity index is 2.13. The lowest BCUT2D eigenvalue weighted by atomic mass is 9.76. The second kappa shape index (κ2) is 3.48. The molecule has 2 fully saturated rings. The van der Waals surface area contributed by atoms with Crippen molar-refractivity contribution in [2.75, 3.05) is 0 Å². The van der Waals surface area contributed by atoms with Gasteiger partial charge in [-0.2, -0.15) is 0 Å². The fourth-order valence-electron chi connectivity index (χ4n) is 3.59. The van der Waals surface area contributed by atoms with Gasteiger partial charge in [-0.15, -0.1) is 0 Å². The summed E-state index contributed by atoms with van der Waals surface area (Å²) in [6.07, 6.45) is 4.95. The second-order valence-corrected chi connectivity index (χ2v) is 5.04. The Morgan fingerprint density at radius 2 is 1.71 bits per heavy atom. The molecule has 0 heterocycles. The SMILES string of the molecule is CC(=O)C(C(C)=O)C1CC2CCC1C2. The van der Waals surface area contributed by atoms with Gasteiger partial charge < -0.3 is 0 Å². The van der Waals surface area contributed by atoms with Gasteiger partial charge in [0.05, 0.1) is 5.92 Å². The van der Waals surface area contributed by atoms with E-state index in [1.54, 1.807) is 13.8 Å². The summed E-state index contributed by atoms with van der Waals surface area (Å²) in [7, 11) is 0. The van der Waals surface area contributed by atoms with E-state index < -0.39 is 0 Å². The van der Waals surface area contributed by atoms with E-state index >= 15 is 0 Å². The molecule has 0 spiro atoms. The molecule has 0 amide bonds. The predicted molar refractivity (Wildman–Crippen MR) is 53.8 cm³/mol. The lowest BCUT2D eigenvalue weighted by Crippen LogP contribution is -2.31. The smallest absolute Gasteiger partial charge is 0.140 e. The first-order chi connectivity index (χ1) is 6.59. The normalized spacial score (nSPS) is 35.2. The molecule has 2 nitrogen and oxygen atoms in total. The summed E-state index contributed by atoms with van der Waals surface area (Å²) < 4.78 is 0. The van der Waals surface area contributed by atoms with Crippen LogP contribution in [0.15, 0.2) is 0 Å². The maximum absolute atomic E-state index is 11.4. The molecule has 0 aromatic rings.